The summed E-state index contributed by atoms with van der Waals surface area (Å²) in [7, 11) is 0. The summed E-state index contributed by atoms with van der Waals surface area (Å²) in [5.41, 5.74) is 5.32. The standard InChI is InChI=1S/C17H25Cl2N3O2/c1-10(2)8-14(20-16(24)17(3,4)5)15(23)22-21-13-7-6-11(18)9-12(13)19/h6-7,9-10,14,21H,8H2,1-5H3,(H,20,24)(H,22,23). The molecule has 0 spiro atoms. The Labute approximate surface area is 153 Å². The number of nitrogens with one attached hydrogen (secondary N) is 3. The van der Waals surface area contributed by atoms with Gasteiger partial charge in [0.1, 0.15) is 6.04 Å². The summed E-state index contributed by atoms with van der Waals surface area (Å²) in [5.74, 6) is -0.250. The van der Waals surface area contributed by atoms with E-state index in [1.54, 1.807) is 39.0 Å². The van der Waals surface area contributed by atoms with Crippen molar-refractivity contribution in [1.29, 1.82) is 0 Å². The highest BCUT2D eigenvalue weighted by Gasteiger charge is 2.28. The molecular formula is C17H25Cl2N3O2. The van der Waals surface area contributed by atoms with Gasteiger partial charge in [0.25, 0.3) is 5.91 Å². The van der Waals surface area contributed by atoms with Gasteiger partial charge in [0.05, 0.1) is 10.7 Å². The predicted octanol–water partition coefficient (Wildman–Crippen LogP) is 4.01. The second kappa shape index (κ2) is 8.58. The summed E-state index contributed by atoms with van der Waals surface area (Å²) in [6, 6.07) is 4.27. The fourth-order valence-electron chi connectivity index (χ4n) is 1.88. The van der Waals surface area contributed by atoms with Crippen LogP contribution in [0.25, 0.3) is 0 Å². The molecule has 2 amide bonds. The van der Waals surface area contributed by atoms with Crippen LogP contribution in [0, 0.1) is 11.3 Å². The lowest BCUT2D eigenvalue weighted by Gasteiger charge is -2.25. The van der Waals surface area contributed by atoms with Gasteiger partial charge >= 0.3 is 0 Å². The number of benzene rings is 1. The lowest BCUT2D eigenvalue weighted by molar-refractivity contribution is -0.133. The van der Waals surface area contributed by atoms with Crippen molar-refractivity contribution in [1.82, 2.24) is 10.7 Å². The summed E-state index contributed by atoms with van der Waals surface area (Å²) >= 11 is 11.9. The van der Waals surface area contributed by atoms with E-state index in [9.17, 15) is 9.59 Å². The van der Waals surface area contributed by atoms with Crippen molar-refractivity contribution in [3.63, 3.8) is 0 Å². The van der Waals surface area contributed by atoms with Gasteiger partial charge in [-0.25, -0.2) is 0 Å². The van der Waals surface area contributed by atoms with Crippen LogP contribution in [0.1, 0.15) is 41.0 Å². The zero-order chi connectivity index (χ0) is 18.5. The highest BCUT2D eigenvalue weighted by molar-refractivity contribution is 6.36. The lowest BCUT2D eigenvalue weighted by Crippen LogP contribution is -2.51. The molecule has 1 unspecified atom stereocenters. The van der Waals surface area contributed by atoms with Gasteiger partial charge in [0.2, 0.25) is 5.91 Å². The Hall–Kier alpha value is -1.46. The third kappa shape index (κ3) is 6.57. The smallest absolute Gasteiger partial charge is 0.260 e. The molecule has 0 aliphatic carbocycles. The first-order valence-corrected chi connectivity index (χ1v) is 8.58. The van der Waals surface area contributed by atoms with Crippen LogP contribution in [-0.2, 0) is 9.59 Å². The third-order valence-corrected chi connectivity index (χ3v) is 3.81. The molecule has 0 fully saturated rings. The first-order valence-electron chi connectivity index (χ1n) is 7.82. The highest BCUT2D eigenvalue weighted by atomic mass is 35.5. The van der Waals surface area contributed by atoms with E-state index in [2.05, 4.69) is 16.2 Å². The van der Waals surface area contributed by atoms with Crippen molar-refractivity contribution in [3.8, 4) is 0 Å². The Morgan fingerprint density at radius 1 is 1.17 bits per heavy atom. The Bertz CT molecular complexity index is 598. The van der Waals surface area contributed by atoms with Crippen LogP contribution in [0.15, 0.2) is 18.2 Å². The van der Waals surface area contributed by atoms with E-state index in [0.29, 0.717) is 22.2 Å². The zero-order valence-electron chi connectivity index (χ0n) is 14.7. The Morgan fingerprint density at radius 3 is 2.29 bits per heavy atom. The molecule has 7 heteroatoms. The average Bonchev–Trinajstić information content (AvgIpc) is 2.43. The van der Waals surface area contributed by atoms with Crippen molar-refractivity contribution in [2.45, 2.75) is 47.1 Å². The van der Waals surface area contributed by atoms with Crippen LogP contribution in [0.4, 0.5) is 5.69 Å². The summed E-state index contributed by atoms with van der Waals surface area (Å²) in [6.45, 7) is 9.40. The van der Waals surface area contributed by atoms with E-state index in [1.165, 1.54) is 0 Å². The summed E-state index contributed by atoms with van der Waals surface area (Å²) in [4.78, 5) is 24.6. The van der Waals surface area contributed by atoms with Gasteiger partial charge in [0, 0.05) is 10.4 Å². The molecule has 0 aliphatic heterocycles. The summed E-state index contributed by atoms with van der Waals surface area (Å²) < 4.78 is 0. The molecule has 134 valence electrons. The third-order valence-electron chi connectivity index (χ3n) is 3.26. The van der Waals surface area contributed by atoms with E-state index >= 15 is 0 Å². The predicted molar refractivity (Wildman–Crippen MR) is 99.1 cm³/mol. The number of hydrogen-bond donors (Lipinski definition) is 3. The van der Waals surface area contributed by atoms with Crippen LogP contribution in [-0.4, -0.2) is 17.9 Å². The normalized spacial score (nSPS) is 12.7. The number of carbonyl (C=O) groups excluding carboxylic acids is 2. The number of hydrogen-bond acceptors (Lipinski definition) is 3. The quantitative estimate of drug-likeness (QED) is 0.659. The molecule has 0 aromatic heterocycles. The minimum Gasteiger partial charge on any atom is -0.344 e. The molecule has 0 heterocycles. The van der Waals surface area contributed by atoms with Crippen LogP contribution >= 0.6 is 23.2 Å². The molecule has 0 saturated carbocycles. The number of rotatable bonds is 6. The number of halogens is 2. The number of anilines is 1. The van der Waals surface area contributed by atoms with Crippen molar-refractivity contribution in [2.75, 3.05) is 5.43 Å². The van der Waals surface area contributed by atoms with Crippen LogP contribution in [0.5, 0.6) is 0 Å². The van der Waals surface area contributed by atoms with Crippen LogP contribution in [0.3, 0.4) is 0 Å². The zero-order valence-corrected chi connectivity index (χ0v) is 16.2. The molecule has 0 radical (unpaired) electrons. The molecule has 5 nitrogen and oxygen atoms in total. The maximum absolute atomic E-state index is 12.4. The minimum absolute atomic E-state index is 0.173. The van der Waals surface area contributed by atoms with Gasteiger partial charge in [-0.15, -0.1) is 0 Å². The fourth-order valence-corrected chi connectivity index (χ4v) is 2.34. The van der Waals surface area contributed by atoms with Gasteiger partial charge in [0.15, 0.2) is 0 Å². The van der Waals surface area contributed by atoms with Crippen LogP contribution in [0.2, 0.25) is 10.0 Å². The molecule has 1 rings (SSSR count). The van der Waals surface area contributed by atoms with Gasteiger partial charge in [-0.1, -0.05) is 57.8 Å². The first kappa shape index (κ1) is 20.6. The van der Waals surface area contributed by atoms with Crippen LogP contribution < -0.4 is 16.2 Å². The molecule has 3 N–H and O–H groups in total. The number of carbonyl (C=O) groups is 2. The maximum atomic E-state index is 12.4. The fraction of sp³-hybridized carbons (Fsp3) is 0.529. The Morgan fingerprint density at radius 2 is 1.79 bits per heavy atom. The van der Waals surface area contributed by atoms with E-state index in [1.807, 2.05) is 13.8 Å². The SMILES string of the molecule is CC(C)CC(NC(=O)C(C)(C)C)C(=O)NNc1ccc(Cl)cc1Cl. The van der Waals surface area contributed by atoms with Gasteiger partial charge < -0.3 is 5.32 Å². The van der Waals surface area contributed by atoms with Crippen molar-refractivity contribution in [2.24, 2.45) is 11.3 Å². The van der Waals surface area contributed by atoms with Crippen molar-refractivity contribution in [3.05, 3.63) is 28.2 Å². The molecule has 1 atom stereocenters. The summed E-state index contributed by atoms with van der Waals surface area (Å²) in [5, 5.41) is 3.70. The van der Waals surface area contributed by atoms with E-state index in [4.69, 9.17) is 23.2 Å². The summed E-state index contributed by atoms with van der Waals surface area (Å²) in [6.07, 6.45) is 0.531. The lowest BCUT2D eigenvalue weighted by atomic mass is 9.94. The average molecular weight is 374 g/mol. The second-order valence-corrected chi connectivity index (χ2v) is 7.99. The Balaban J connectivity index is 2.75. The molecule has 24 heavy (non-hydrogen) atoms. The molecule has 0 aliphatic rings. The second-order valence-electron chi connectivity index (χ2n) is 7.14. The largest absolute Gasteiger partial charge is 0.344 e. The Kier molecular flexibility index (Phi) is 7.36. The molecule has 1 aromatic rings. The maximum Gasteiger partial charge on any atom is 0.260 e. The monoisotopic (exact) mass is 373 g/mol. The highest BCUT2D eigenvalue weighted by Crippen LogP contribution is 2.24. The van der Waals surface area contributed by atoms with Gasteiger partial charge in [-0.3, -0.25) is 20.4 Å². The van der Waals surface area contributed by atoms with Crippen molar-refractivity contribution < 1.29 is 9.59 Å². The molecular weight excluding hydrogens is 349 g/mol. The van der Waals surface area contributed by atoms with E-state index in [-0.39, 0.29) is 17.7 Å². The van der Waals surface area contributed by atoms with Gasteiger partial charge in [-0.05, 0) is 30.5 Å². The number of amides is 2. The molecule has 1 aromatic carbocycles. The molecule has 0 saturated heterocycles. The van der Waals surface area contributed by atoms with Gasteiger partial charge in [-0.2, -0.15) is 0 Å². The van der Waals surface area contributed by atoms with E-state index in [0.717, 1.165) is 0 Å². The van der Waals surface area contributed by atoms with E-state index < -0.39 is 11.5 Å². The minimum atomic E-state index is -0.629. The topological polar surface area (TPSA) is 70.2 Å². The first-order chi connectivity index (χ1) is 11.0. The van der Waals surface area contributed by atoms with Crippen molar-refractivity contribution >= 4 is 40.7 Å². The molecule has 0 bridgehead atoms. The number of hydrazine groups is 1.